The summed E-state index contributed by atoms with van der Waals surface area (Å²) in [5.74, 6) is 0. The van der Waals surface area contributed by atoms with Gasteiger partial charge in [0.1, 0.15) is 0 Å². The first-order chi connectivity index (χ1) is 10.5. The van der Waals surface area contributed by atoms with Gasteiger partial charge < -0.3 is 4.90 Å². The molecule has 0 aliphatic rings. The Kier molecular flexibility index (Phi) is 5.39. The number of nitro benzene ring substituents is 1. The van der Waals surface area contributed by atoms with Crippen molar-refractivity contribution in [1.82, 2.24) is 0 Å². The number of alkyl halides is 1. The lowest BCUT2D eigenvalue weighted by molar-refractivity contribution is -0.384. The molecule has 1 atom stereocenters. The molecule has 0 fully saturated rings. The van der Waals surface area contributed by atoms with Crippen LogP contribution in [-0.4, -0.2) is 18.0 Å². The van der Waals surface area contributed by atoms with Crippen molar-refractivity contribution < 1.29 is 4.92 Å². The molecule has 0 aliphatic heterocycles. The van der Waals surface area contributed by atoms with E-state index in [-0.39, 0.29) is 11.1 Å². The summed E-state index contributed by atoms with van der Waals surface area (Å²) in [6.07, 6.45) is 0. The highest BCUT2D eigenvalue weighted by Crippen LogP contribution is 2.27. The Bertz CT molecular complexity index is 661. The predicted molar refractivity (Wildman–Crippen MR) is 90.8 cm³/mol. The van der Waals surface area contributed by atoms with Gasteiger partial charge in [0.05, 0.1) is 10.3 Å². The van der Waals surface area contributed by atoms with Crippen LogP contribution in [0.25, 0.3) is 0 Å². The molecule has 0 bridgehead atoms. The summed E-state index contributed by atoms with van der Waals surface area (Å²) in [5, 5.41) is 10.6. The lowest BCUT2D eigenvalue weighted by atomic mass is 10.1. The zero-order chi connectivity index (χ0) is 16.1. The van der Waals surface area contributed by atoms with Gasteiger partial charge in [-0.3, -0.25) is 10.1 Å². The summed E-state index contributed by atoms with van der Waals surface area (Å²) in [7, 11) is 0. The van der Waals surface area contributed by atoms with E-state index in [9.17, 15) is 10.1 Å². The molecule has 0 amide bonds. The van der Waals surface area contributed by atoms with E-state index in [2.05, 4.69) is 30.9 Å². The van der Waals surface area contributed by atoms with Crippen LogP contribution in [0, 0.1) is 17.0 Å². The molecule has 5 heteroatoms. The number of nitrogens with zero attached hydrogens (tertiary/aromatic N) is 2. The van der Waals surface area contributed by atoms with E-state index in [1.165, 1.54) is 11.6 Å². The summed E-state index contributed by atoms with van der Waals surface area (Å²) in [5.41, 5.74) is 3.14. The van der Waals surface area contributed by atoms with Gasteiger partial charge in [-0.25, -0.2) is 0 Å². The second-order valence-electron chi connectivity index (χ2n) is 5.20. The van der Waals surface area contributed by atoms with Crippen molar-refractivity contribution in [3.63, 3.8) is 0 Å². The third kappa shape index (κ3) is 3.98. The van der Waals surface area contributed by atoms with E-state index in [4.69, 9.17) is 11.6 Å². The first-order valence-electron chi connectivity index (χ1n) is 7.21. The van der Waals surface area contributed by atoms with Gasteiger partial charge in [0.2, 0.25) is 0 Å². The quantitative estimate of drug-likeness (QED) is 0.440. The zero-order valence-electron chi connectivity index (χ0n) is 12.7. The summed E-state index contributed by atoms with van der Waals surface area (Å²) in [4.78, 5) is 12.6. The number of nitro groups is 1. The number of aryl methyl sites for hydroxylation is 1. The van der Waals surface area contributed by atoms with Crippen LogP contribution in [0.1, 0.15) is 23.4 Å². The Hall–Kier alpha value is -2.07. The first-order valence-corrected chi connectivity index (χ1v) is 7.65. The monoisotopic (exact) mass is 318 g/mol. The highest BCUT2D eigenvalue weighted by atomic mass is 35.5. The number of halogens is 1. The number of hydrogen-bond acceptors (Lipinski definition) is 3. The Morgan fingerprint density at radius 1 is 1.23 bits per heavy atom. The highest BCUT2D eigenvalue weighted by Gasteiger charge is 2.16. The maximum Gasteiger partial charge on any atom is 0.269 e. The van der Waals surface area contributed by atoms with E-state index in [1.54, 1.807) is 12.1 Å². The van der Waals surface area contributed by atoms with Crippen molar-refractivity contribution >= 4 is 23.0 Å². The molecule has 116 valence electrons. The summed E-state index contributed by atoms with van der Waals surface area (Å²) in [6, 6.07) is 14.8. The van der Waals surface area contributed by atoms with E-state index < -0.39 is 4.92 Å². The summed E-state index contributed by atoms with van der Waals surface area (Å²) < 4.78 is 0. The molecule has 2 aromatic rings. The van der Waals surface area contributed by atoms with Gasteiger partial charge in [0.15, 0.2) is 0 Å². The van der Waals surface area contributed by atoms with Crippen LogP contribution in [0.2, 0.25) is 0 Å². The number of likely N-dealkylation sites (N-methyl/N-ethyl adjacent to an activating group) is 1. The Morgan fingerprint density at radius 2 is 1.95 bits per heavy atom. The van der Waals surface area contributed by atoms with Crippen molar-refractivity contribution in [2.45, 2.75) is 19.2 Å². The average Bonchev–Trinajstić information content (AvgIpc) is 2.52. The number of non-ortho nitro benzene ring substituents is 1. The van der Waals surface area contributed by atoms with Gasteiger partial charge in [-0.2, -0.15) is 0 Å². The minimum absolute atomic E-state index is 0.0711. The molecule has 0 radical (unpaired) electrons. The van der Waals surface area contributed by atoms with Crippen molar-refractivity contribution in [2.75, 3.05) is 18.0 Å². The molecule has 0 N–H and O–H groups in total. The standard InChI is InChI=1S/C17H19ClN2O2/c1-3-19(15-8-4-6-13(2)10-15)12-17(18)14-7-5-9-16(11-14)20(21)22/h4-11,17H,3,12H2,1-2H3. The molecule has 2 rings (SSSR count). The van der Waals surface area contributed by atoms with Crippen molar-refractivity contribution in [1.29, 1.82) is 0 Å². The van der Waals surface area contributed by atoms with Gasteiger partial charge in [0.25, 0.3) is 5.69 Å². The van der Waals surface area contributed by atoms with Crippen molar-refractivity contribution in [3.8, 4) is 0 Å². The van der Waals surface area contributed by atoms with Gasteiger partial charge in [-0.15, -0.1) is 11.6 Å². The van der Waals surface area contributed by atoms with Gasteiger partial charge >= 0.3 is 0 Å². The largest absolute Gasteiger partial charge is 0.370 e. The summed E-state index contributed by atoms with van der Waals surface area (Å²) in [6.45, 7) is 5.54. The topological polar surface area (TPSA) is 46.4 Å². The number of benzene rings is 2. The molecule has 0 aromatic heterocycles. The number of anilines is 1. The Morgan fingerprint density at radius 3 is 2.59 bits per heavy atom. The van der Waals surface area contributed by atoms with Gasteiger partial charge in [-0.1, -0.05) is 24.3 Å². The normalized spacial score (nSPS) is 12.0. The Labute approximate surface area is 135 Å². The molecular formula is C17H19ClN2O2. The molecule has 1 unspecified atom stereocenters. The highest BCUT2D eigenvalue weighted by molar-refractivity contribution is 6.21. The maximum atomic E-state index is 10.9. The molecule has 0 saturated heterocycles. The van der Waals surface area contributed by atoms with Crippen LogP contribution in [0.4, 0.5) is 11.4 Å². The Balaban J connectivity index is 2.17. The van der Waals surface area contributed by atoms with Crippen LogP contribution in [-0.2, 0) is 0 Å². The molecular weight excluding hydrogens is 300 g/mol. The van der Waals surface area contributed by atoms with Gasteiger partial charge in [0, 0.05) is 30.9 Å². The number of hydrogen-bond donors (Lipinski definition) is 0. The third-order valence-corrected chi connectivity index (χ3v) is 3.96. The molecule has 0 saturated carbocycles. The fourth-order valence-corrected chi connectivity index (χ4v) is 2.68. The molecule has 4 nitrogen and oxygen atoms in total. The van der Waals surface area contributed by atoms with Crippen LogP contribution >= 0.6 is 11.6 Å². The second-order valence-corrected chi connectivity index (χ2v) is 5.72. The first kappa shape index (κ1) is 16.3. The van der Waals surface area contributed by atoms with Crippen LogP contribution in [0.15, 0.2) is 48.5 Å². The second kappa shape index (κ2) is 7.27. The van der Waals surface area contributed by atoms with Crippen LogP contribution in [0.3, 0.4) is 0 Å². The van der Waals surface area contributed by atoms with E-state index in [0.29, 0.717) is 6.54 Å². The SMILES string of the molecule is CCN(CC(Cl)c1cccc([N+](=O)[O-])c1)c1cccc(C)c1. The van der Waals surface area contributed by atoms with Gasteiger partial charge in [-0.05, 0) is 37.1 Å². The molecule has 2 aromatic carbocycles. The van der Waals surface area contributed by atoms with Crippen molar-refractivity contribution in [3.05, 3.63) is 69.8 Å². The minimum atomic E-state index is -0.398. The molecule has 0 spiro atoms. The smallest absolute Gasteiger partial charge is 0.269 e. The van der Waals surface area contributed by atoms with Crippen LogP contribution in [0.5, 0.6) is 0 Å². The van der Waals surface area contributed by atoms with Crippen molar-refractivity contribution in [2.24, 2.45) is 0 Å². The van der Waals surface area contributed by atoms with E-state index in [0.717, 1.165) is 17.8 Å². The van der Waals surface area contributed by atoms with Crippen LogP contribution < -0.4 is 4.90 Å². The molecule has 22 heavy (non-hydrogen) atoms. The average molecular weight is 319 g/mol. The zero-order valence-corrected chi connectivity index (χ0v) is 13.5. The lowest BCUT2D eigenvalue weighted by Gasteiger charge is -2.26. The number of rotatable bonds is 6. The molecule has 0 aliphatic carbocycles. The summed E-state index contributed by atoms with van der Waals surface area (Å²) >= 11 is 6.48. The predicted octanol–water partition coefficient (Wildman–Crippen LogP) is 4.71. The fraction of sp³-hybridized carbons (Fsp3) is 0.294. The fourth-order valence-electron chi connectivity index (χ4n) is 2.37. The lowest BCUT2D eigenvalue weighted by Crippen LogP contribution is -2.26. The maximum absolute atomic E-state index is 10.9. The third-order valence-electron chi connectivity index (χ3n) is 3.57. The minimum Gasteiger partial charge on any atom is -0.370 e. The van der Waals surface area contributed by atoms with E-state index >= 15 is 0 Å². The molecule has 0 heterocycles. The van der Waals surface area contributed by atoms with E-state index in [1.807, 2.05) is 18.2 Å².